The van der Waals surface area contributed by atoms with Gasteiger partial charge in [-0.05, 0) is 60.4 Å². The summed E-state index contributed by atoms with van der Waals surface area (Å²) in [5.41, 5.74) is 6.07. The van der Waals surface area contributed by atoms with Crippen LogP contribution in [0, 0.1) is 6.92 Å². The zero-order valence-electron chi connectivity index (χ0n) is 13.9. The van der Waals surface area contributed by atoms with E-state index in [1.807, 2.05) is 37.3 Å². The number of rotatable bonds is 4. The predicted octanol–water partition coefficient (Wildman–Crippen LogP) is 3.37. The topological polar surface area (TPSA) is 79.9 Å². The third-order valence-corrected chi connectivity index (χ3v) is 3.71. The Morgan fingerprint density at radius 1 is 1.22 bits per heavy atom. The predicted molar refractivity (Wildman–Crippen MR) is 93.4 cm³/mol. The van der Waals surface area contributed by atoms with Crippen molar-refractivity contribution in [1.82, 2.24) is 5.43 Å². The van der Waals surface area contributed by atoms with Crippen LogP contribution in [0.2, 0.25) is 0 Å². The molecule has 0 saturated heterocycles. The Morgan fingerprint density at radius 2 is 1.87 bits per heavy atom. The maximum atomic E-state index is 10.3. The van der Waals surface area contributed by atoms with Crippen LogP contribution in [0.25, 0.3) is 0 Å². The summed E-state index contributed by atoms with van der Waals surface area (Å²) in [7, 11) is 1.61. The van der Waals surface area contributed by atoms with Gasteiger partial charge in [0.25, 0.3) is 0 Å². The van der Waals surface area contributed by atoms with Gasteiger partial charge in [0, 0.05) is 0 Å². The Bertz CT molecular complexity index is 707. The summed E-state index contributed by atoms with van der Waals surface area (Å²) in [4.78, 5) is 4.48. The minimum Gasteiger partial charge on any atom is -0.507 e. The number of benzene rings is 2. The number of nitrogens with zero attached hydrogens (tertiary/aromatic N) is 1. The van der Waals surface area contributed by atoms with Gasteiger partial charge < -0.3 is 15.3 Å². The first-order valence-corrected chi connectivity index (χ1v) is 7.49. The van der Waals surface area contributed by atoms with Crippen LogP contribution in [-0.4, -0.2) is 18.1 Å². The summed E-state index contributed by atoms with van der Waals surface area (Å²) < 4.78 is 5.13. The third kappa shape index (κ3) is 3.81. The number of phenols is 1. The van der Waals surface area contributed by atoms with Crippen LogP contribution in [0.15, 0.2) is 41.4 Å². The van der Waals surface area contributed by atoms with Crippen LogP contribution in [0.3, 0.4) is 0 Å². The van der Waals surface area contributed by atoms with Gasteiger partial charge in [0.15, 0.2) is 5.84 Å². The smallest absolute Gasteiger partial charge is 0.151 e. The number of aryl methyl sites for hydroxylation is 1. The van der Waals surface area contributed by atoms with Crippen molar-refractivity contribution < 1.29 is 9.84 Å². The van der Waals surface area contributed by atoms with Crippen LogP contribution in [0.4, 0.5) is 5.69 Å². The van der Waals surface area contributed by atoms with Crippen molar-refractivity contribution in [2.45, 2.75) is 26.7 Å². The normalized spacial score (nSPS) is 11.7. The fourth-order valence-electron chi connectivity index (χ4n) is 2.48. The van der Waals surface area contributed by atoms with Crippen LogP contribution < -0.4 is 16.0 Å². The van der Waals surface area contributed by atoms with Gasteiger partial charge in [-0.15, -0.1) is 0 Å². The molecule has 0 fully saturated rings. The maximum Gasteiger partial charge on any atom is 0.151 e. The number of aromatic hydroxyl groups is 1. The summed E-state index contributed by atoms with van der Waals surface area (Å²) in [5, 5.41) is 10.3. The lowest BCUT2D eigenvalue weighted by molar-refractivity contribution is 0.415. The minimum absolute atomic E-state index is 0.150. The minimum atomic E-state index is 0.150. The van der Waals surface area contributed by atoms with E-state index >= 15 is 0 Å². The SMILES string of the molecule is COc1ccc(N=C(NN)c2cc(C(C)C)c(C)cc2O)cc1. The zero-order valence-corrected chi connectivity index (χ0v) is 13.9. The highest BCUT2D eigenvalue weighted by Gasteiger charge is 2.13. The molecule has 0 aliphatic rings. The standard InChI is InChI=1S/C18H23N3O2/c1-11(2)15-10-16(17(22)9-12(15)3)18(21-19)20-13-5-7-14(23-4)8-6-13/h5-11,22H,19H2,1-4H3,(H,20,21). The van der Waals surface area contributed by atoms with Crippen molar-refractivity contribution in [3.05, 3.63) is 53.1 Å². The molecule has 0 atom stereocenters. The molecule has 0 heterocycles. The lowest BCUT2D eigenvalue weighted by Crippen LogP contribution is -2.31. The van der Waals surface area contributed by atoms with Gasteiger partial charge in [0.2, 0.25) is 0 Å². The highest BCUT2D eigenvalue weighted by Crippen LogP contribution is 2.28. The molecule has 0 radical (unpaired) electrons. The first-order chi connectivity index (χ1) is 11.0. The number of nitrogens with one attached hydrogen (secondary N) is 1. The molecule has 4 N–H and O–H groups in total. The Labute approximate surface area is 136 Å². The van der Waals surface area contributed by atoms with Crippen LogP contribution in [0.1, 0.15) is 36.5 Å². The molecule has 122 valence electrons. The molecule has 2 aromatic carbocycles. The van der Waals surface area contributed by atoms with E-state index < -0.39 is 0 Å². The third-order valence-electron chi connectivity index (χ3n) is 3.71. The number of aliphatic imine (C=N–C) groups is 1. The van der Waals surface area contributed by atoms with E-state index in [4.69, 9.17) is 10.6 Å². The molecule has 2 rings (SSSR count). The molecule has 2 aromatic rings. The molecule has 23 heavy (non-hydrogen) atoms. The first kappa shape index (κ1) is 16.8. The van der Waals surface area contributed by atoms with Gasteiger partial charge in [0.05, 0.1) is 18.4 Å². The number of ether oxygens (including phenoxy) is 1. The fraction of sp³-hybridized carbons (Fsp3) is 0.278. The van der Waals surface area contributed by atoms with Crippen molar-refractivity contribution in [3.8, 4) is 11.5 Å². The van der Waals surface area contributed by atoms with Crippen molar-refractivity contribution >= 4 is 11.5 Å². The second kappa shape index (κ2) is 7.15. The van der Waals surface area contributed by atoms with Gasteiger partial charge in [-0.25, -0.2) is 10.8 Å². The molecule has 0 saturated carbocycles. The Morgan fingerprint density at radius 3 is 2.39 bits per heavy atom. The lowest BCUT2D eigenvalue weighted by Gasteiger charge is -2.15. The van der Waals surface area contributed by atoms with E-state index in [9.17, 15) is 5.11 Å². The van der Waals surface area contributed by atoms with Gasteiger partial charge in [-0.3, -0.25) is 0 Å². The van der Waals surface area contributed by atoms with Gasteiger partial charge >= 0.3 is 0 Å². The largest absolute Gasteiger partial charge is 0.507 e. The van der Waals surface area contributed by atoms with Crippen molar-refractivity contribution in [2.24, 2.45) is 10.8 Å². The van der Waals surface area contributed by atoms with E-state index in [1.165, 1.54) is 0 Å². The average molecular weight is 313 g/mol. The number of methoxy groups -OCH3 is 1. The molecule has 5 heteroatoms. The maximum absolute atomic E-state index is 10.3. The van der Waals surface area contributed by atoms with E-state index in [1.54, 1.807) is 13.2 Å². The monoisotopic (exact) mass is 313 g/mol. The fourth-order valence-corrected chi connectivity index (χ4v) is 2.48. The summed E-state index contributed by atoms with van der Waals surface area (Å²) in [6.07, 6.45) is 0. The quantitative estimate of drug-likeness (QED) is 0.350. The number of hydrogen-bond acceptors (Lipinski definition) is 4. The zero-order chi connectivity index (χ0) is 17.0. The summed E-state index contributed by atoms with van der Waals surface area (Å²) in [6, 6.07) is 11.0. The lowest BCUT2D eigenvalue weighted by atomic mass is 9.95. The van der Waals surface area contributed by atoms with Crippen molar-refractivity contribution in [1.29, 1.82) is 0 Å². The van der Waals surface area contributed by atoms with E-state index in [-0.39, 0.29) is 5.75 Å². The molecule has 5 nitrogen and oxygen atoms in total. The molecule has 0 aromatic heterocycles. The Hall–Kier alpha value is -2.53. The molecule has 0 unspecified atom stereocenters. The van der Waals surface area contributed by atoms with Gasteiger partial charge in [-0.2, -0.15) is 0 Å². The van der Waals surface area contributed by atoms with Crippen LogP contribution >= 0.6 is 0 Å². The number of hydrazine groups is 1. The molecule has 0 amide bonds. The first-order valence-electron chi connectivity index (χ1n) is 7.49. The molecule has 0 spiro atoms. The molecular weight excluding hydrogens is 290 g/mol. The van der Waals surface area contributed by atoms with Gasteiger partial charge in [0.1, 0.15) is 11.5 Å². The summed E-state index contributed by atoms with van der Waals surface area (Å²) in [6.45, 7) is 6.20. The molecular formula is C18H23N3O2. The number of phenolic OH excluding ortho intramolecular Hbond substituents is 1. The van der Waals surface area contributed by atoms with Crippen molar-refractivity contribution in [2.75, 3.05) is 7.11 Å². The van der Waals surface area contributed by atoms with E-state index in [0.29, 0.717) is 23.0 Å². The molecule has 0 aliphatic heterocycles. The van der Waals surface area contributed by atoms with Crippen molar-refractivity contribution in [3.63, 3.8) is 0 Å². The van der Waals surface area contributed by atoms with Gasteiger partial charge in [-0.1, -0.05) is 13.8 Å². The second-order valence-corrected chi connectivity index (χ2v) is 5.68. The molecule has 0 bridgehead atoms. The van der Waals surface area contributed by atoms with Crippen LogP contribution in [0.5, 0.6) is 11.5 Å². The number of hydrogen-bond donors (Lipinski definition) is 3. The highest BCUT2D eigenvalue weighted by atomic mass is 16.5. The average Bonchev–Trinajstić information content (AvgIpc) is 2.53. The molecule has 0 aliphatic carbocycles. The van der Waals surface area contributed by atoms with Crippen LogP contribution in [-0.2, 0) is 0 Å². The second-order valence-electron chi connectivity index (χ2n) is 5.68. The van der Waals surface area contributed by atoms with E-state index in [2.05, 4.69) is 24.3 Å². The highest BCUT2D eigenvalue weighted by molar-refractivity contribution is 6.02. The van der Waals surface area contributed by atoms with E-state index in [0.717, 1.165) is 16.9 Å². The number of nitrogens with two attached hydrogens (primary N) is 1. The Kier molecular flexibility index (Phi) is 5.24. The number of amidine groups is 1. The summed E-state index contributed by atoms with van der Waals surface area (Å²) in [5.74, 6) is 7.28. The Balaban J connectivity index is 2.47. The summed E-state index contributed by atoms with van der Waals surface area (Å²) >= 11 is 0.